The third kappa shape index (κ3) is 3.74. The lowest BCUT2D eigenvalue weighted by molar-refractivity contribution is 0.0702. The summed E-state index contributed by atoms with van der Waals surface area (Å²) in [7, 11) is 1.53. The van der Waals surface area contributed by atoms with Crippen molar-refractivity contribution in [1.82, 2.24) is 0 Å². The third-order valence-electron chi connectivity index (χ3n) is 1.66. The molecule has 1 aromatic carbocycles. The van der Waals surface area contributed by atoms with Crippen molar-refractivity contribution in [3.05, 3.63) is 24.3 Å². The minimum absolute atomic E-state index is 0.272. The monoisotopic (exact) mass is 197 g/mol. The van der Waals surface area contributed by atoms with Crippen molar-refractivity contribution in [3.63, 3.8) is 0 Å². The Labute approximate surface area is 83.3 Å². The van der Waals surface area contributed by atoms with Gasteiger partial charge in [-0.3, -0.25) is 0 Å². The normalized spacial score (nSPS) is 13.1. The Morgan fingerprint density at radius 1 is 1.43 bits per heavy atom. The third-order valence-corrected chi connectivity index (χ3v) is 1.66. The molecule has 0 bridgehead atoms. The highest BCUT2D eigenvalue weighted by atomic mass is 16.6. The largest absolute Gasteiger partial charge is 0.450 e. The number of ether oxygens (including phenoxy) is 2. The van der Waals surface area contributed by atoms with Crippen LogP contribution in [0.1, 0.15) is 0 Å². The fourth-order valence-electron chi connectivity index (χ4n) is 0.872. The number of aliphatic hydroxyl groups is 1. The van der Waals surface area contributed by atoms with Gasteiger partial charge in [0.25, 0.3) is 0 Å². The molecule has 4 heteroatoms. The Balaban J connectivity index is 0.000000140. The Bertz CT molecular complexity index is 257. The van der Waals surface area contributed by atoms with Gasteiger partial charge in [0.05, 0.1) is 12.7 Å². The van der Waals surface area contributed by atoms with Crippen molar-refractivity contribution in [2.75, 3.05) is 20.3 Å². The average Bonchev–Trinajstić information content (AvgIpc) is 2.97. The summed E-state index contributed by atoms with van der Waals surface area (Å²) in [5.41, 5.74) is 5.03. The summed E-state index contributed by atoms with van der Waals surface area (Å²) in [6, 6.07) is 7.84. The number of nitrogens with two attached hydrogens (primary N) is 1. The van der Waals surface area contributed by atoms with Gasteiger partial charge in [0.15, 0.2) is 11.5 Å². The molecule has 0 saturated heterocycles. The van der Waals surface area contributed by atoms with E-state index in [4.69, 9.17) is 15.6 Å². The zero-order valence-corrected chi connectivity index (χ0v) is 8.14. The molecule has 0 spiro atoms. The maximum atomic E-state index is 8.61. The molecule has 1 unspecified atom stereocenters. The molecule has 0 radical (unpaired) electrons. The van der Waals surface area contributed by atoms with E-state index < -0.39 is 6.10 Å². The maximum Gasteiger partial charge on any atom is 0.170 e. The number of methoxy groups -OCH3 is 1. The van der Waals surface area contributed by atoms with E-state index in [-0.39, 0.29) is 6.54 Å². The molecule has 14 heavy (non-hydrogen) atoms. The smallest absolute Gasteiger partial charge is 0.170 e. The van der Waals surface area contributed by atoms with Crippen LogP contribution in [0.2, 0.25) is 0 Å². The summed E-state index contributed by atoms with van der Waals surface area (Å²) in [5, 5.41) is 8.61. The molecule has 1 aliphatic heterocycles. The van der Waals surface area contributed by atoms with Crippen LogP contribution in [0.3, 0.4) is 0 Å². The van der Waals surface area contributed by atoms with E-state index in [0.29, 0.717) is 6.61 Å². The number of aliphatic hydroxyl groups excluding tert-OH is 1. The van der Waals surface area contributed by atoms with Gasteiger partial charge in [-0.25, -0.2) is 0 Å². The summed E-state index contributed by atoms with van der Waals surface area (Å²) < 4.78 is 9.50. The van der Waals surface area contributed by atoms with Crippen LogP contribution in [0.25, 0.3) is 0 Å². The van der Waals surface area contributed by atoms with Crippen LogP contribution in [-0.2, 0) is 4.74 Å². The predicted molar refractivity (Wildman–Crippen MR) is 53.5 cm³/mol. The van der Waals surface area contributed by atoms with Gasteiger partial charge in [-0.05, 0) is 12.1 Å². The Kier molecular flexibility index (Phi) is 4.39. The molecule has 0 amide bonds. The van der Waals surface area contributed by atoms with Crippen LogP contribution in [0.4, 0.5) is 0 Å². The fraction of sp³-hybridized carbons (Fsp3) is 0.400. The molecule has 1 aromatic rings. The van der Waals surface area contributed by atoms with Crippen molar-refractivity contribution in [2.24, 2.45) is 5.73 Å². The number of fused-ring (bicyclic) bond motifs is 1. The average molecular weight is 197 g/mol. The summed E-state index contributed by atoms with van der Waals surface area (Å²) in [6.07, 6.45) is -0.495. The number of para-hydroxylation sites is 2. The van der Waals surface area contributed by atoms with E-state index in [1.807, 2.05) is 24.3 Å². The van der Waals surface area contributed by atoms with Gasteiger partial charge in [0.1, 0.15) is 0 Å². The van der Waals surface area contributed by atoms with E-state index in [1.54, 1.807) is 0 Å². The first-order chi connectivity index (χ1) is 6.77. The summed E-state index contributed by atoms with van der Waals surface area (Å²) in [6.45, 7) is 0.602. The van der Waals surface area contributed by atoms with Gasteiger partial charge in [-0.2, -0.15) is 0 Å². The number of rotatable bonds is 3. The summed E-state index contributed by atoms with van der Waals surface area (Å²) in [5.74, 6) is 2.06. The van der Waals surface area contributed by atoms with Gasteiger partial charge in [0.2, 0.25) is 0 Å². The van der Waals surface area contributed by atoms with Crippen LogP contribution in [0.5, 0.6) is 11.5 Å². The topological polar surface area (TPSA) is 68.0 Å². The molecule has 1 atom stereocenters. The molecular weight excluding hydrogens is 182 g/mol. The van der Waals surface area contributed by atoms with Crippen LogP contribution < -0.4 is 10.5 Å². The van der Waals surface area contributed by atoms with Gasteiger partial charge in [-0.1, -0.05) is 12.1 Å². The minimum Gasteiger partial charge on any atom is -0.450 e. The first-order valence-electron chi connectivity index (χ1n) is 4.42. The first-order valence-corrected chi connectivity index (χ1v) is 4.42. The highest BCUT2D eigenvalue weighted by molar-refractivity contribution is 5.53. The van der Waals surface area contributed by atoms with Crippen molar-refractivity contribution in [2.45, 2.75) is 6.10 Å². The molecule has 3 N–H and O–H groups in total. The molecule has 1 heterocycles. The Hall–Kier alpha value is -1.10. The van der Waals surface area contributed by atoms with Crippen LogP contribution in [0.15, 0.2) is 24.3 Å². The highest BCUT2D eigenvalue weighted by Crippen LogP contribution is 2.43. The first kappa shape index (κ1) is 11.0. The Morgan fingerprint density at radius 2 is 2.00 bits per heavy atom. The zero-order chi connectivity index (χ0) is 10.4. The molecular formula is C10H15NO3. The van der Waals surface area contributed by atoms with Crippen LogP contribution in [0, 0.1) is 0 Å². The van der Waals surface area contributed by atoms with Crippen LogP contribution in [-0.4, -0.2) is 31.5 Å². The second-order valence-corrected chi connectivity index (χ2v) is 2.89. The molecule has 0 aromatic heterocycles. The van der Waals surface area contributed by atoms with Crippen molar-refractivity contribution in [3.8, 4) is 11.5 Å². The molecule has 4 nitrogen and oxygen atoms in total. The van der Waals surface area contributed by atoms with Crippen molar-refractivity contribution < 1.29 is 14.6 Å². The lowest BCUT2D eigenvalue weighted by Gasteiger charge is -2.02. The maximum absolute atomic E-state index is 8.61. The molecule has 0 fully saturated rings. The molecule has 2 rings (SSSR count). The lowest BCUT2D eigenvalue weighted by atomic mass is 10.4. The summed E-state index contributed by atoms with van der Waals surface area (Å²) >= 11 is 0. The predicted octanol–water partition coefficient (Wildman–Crippen LogP) is 0.745. The molecule has 1 aliphatic rings. The minimum atomic E-state index is -0.495. The summed E-state index contributed by atoms with van der Waals surface area (Å²) in [4.78, 5) is 0. The molecule has 0 saturated carbocycles. The number of benzene rings is 1. The fourth-order valence-corrected chi connectivity index (χ4v) is 0.872. The van der Waals surface area contributed by atoms with Gasteiger partial charge >= 0.3 is 0 Å². The standard InChI is InChI=1S/C6H4O.C4H11NO2/c1-2-4-6-5(3-1)7-6;1-7-3-4(6)2-5/h1-4H;4,6H,2-3,5H2,1H3. The molecule has 78 valence electrons. The van der Waals surface area contributed by atoms with Gasteiger partial charge in [-0.15, -0.1) is 0 Å². The Morgan fingerprint density at radius 3 is 2.29 bits per heavy atom. The molecule has 0 aliphatic carbocycles. The van der Waals surface area contributed by atoms with Gasteiger partial charge in [0, 0.05) is 13.7 Å². The quantitative estimate of drug-likeness (QED) is 0.712. The number of hydrogen-bond acceptors (Lipinski definition) is 4. The van der Waals surface area contributed by atoms with E-state index in [9.17, 15) is 0 Å². The SMILES string of the molecule is COCC(O)CN.c1ccc2c(c1)O2. The second kappa shape index (κ2) is 5.59. The lowest BCUT2D eigenvalue weighted by Crippen LogP contribution is -2.24. The van der Waals surface area contributed by atoms with Gasteiger partial charge < -0.3 is 20.3 Å². The van der Waals surface area contributed by atoms with Crippen molar-refractivity contribution in [1.29, 1.82) is 0 Å². The van der Waals surface area contributed by atoms with E-state index in [1.165, 1.54) is 7.11 Å². The number of hydrogen-bond donors (Lipinski definition) is 2. The van der Waals surface area contributed by atoms with E-state index in [2.05, 4.69) is 4.74 Å². The zero-order valence-electron chi connectivity index (χ0n) is 8.14. The van der Waals surface area contributed by atoms with Crippen LogP contribution >= 0.6 is 0 Å². The highest BCUT2D eigenvalue weighted by Gasteiger charge is 2.15. The van der Waals surface area contributed by atoms with E-state index >= 15 is 0 Å². The van der Waals surface area contributed by atoms with Crippen molar-refractivity contribution >= 4 is 0 Å². The van der Waals surface area contributed by atoms with E-state index in [0.717, 1.165) is 11.5 Å². The second-order valence-electron chi connectivity index (χ2n) is 2.89.